The van der Waals surface area contributed by atoms with Gasteiger partial charge in [-0.25, -0.2) is 0 Å². The number of hydrogen-bond donors (Lipinski definition) is 1. The van der Waals surface area contributed by atoms with E-state index in [-0.39, 0.29) is 11.1 Å². The Kier molecular flexibility index (Phi) is 5.79. The minimum Gasteiger partial charge on any atom is -0.364 e. The normalized spacial score (nSPS) is 18.2. The number of amides is 1. The summed E-state index contributed by atoms with van der Waals surface area (Å²) >= 11 is 0. The van der Waals surface area contributed by atoms with Gasteiger partial charge < -0.3 is 10.2 Å². The Labute approximate surface area is 173 Å². The summed E-state index contributed by atoms with van der Waals surface area (Å²) in [5, 5.41) is 12.3. The second-order valence-corrected chi connectivity index (χ2v) is 8.69. The molecule has 0 fully saturated rings. The van der Waals surface area contributed by atoms with Crippen molar-refractivity contribution in [1.29, 1.82) is 5.26 Å². The standard InChI is InChI=1S/C25H29N3O/c1-17(2)28-23-12-11-19(14-22(23)18(3)15-25(28,4)5)13-20(16-26)24(29)27-21-9-7-6-8-10-21/h6-14,17-18H,15H2,1-5H3,(H,27,29)/b20-13-/t18-/m1/s1. The van der Waals surface area contributed by atoms with Crippen LogP contribution in [0.25, 0.3) is 6.08 Å². The van der Waals surface area contributed by atoms with Crippen LogP contribution in [0.1, 0.15) is 58.1 Å². The number of hydrogen-bond acceptors (Lipinski definition) is 3. The third kappa shape index (κ3) is 4.35. The molecule has 150 valence electrons. The van der Waals surface area contributed by atoms with Gasteiger partial charge in [-0.2, -0.15) is 5.26 Å². The predicted octanol–water partition coefficient (Wildman–Crippen LogP) is 5.73. The molecule has 1 aliphatic rings. The lowest BCUT2D eigenvalue weighted by atomic mass is 9.79. The van der Waals surface area contributed by atoms with Crippen LogP contribution in [0.3, 0.4) is 0 Å². The van der Waals surface area contributed by atoms with Crippen molar-refractivity contribution < 1.29 is 4.79 Å². The van der Waals surface area contributed by atoms with Crippen LogP contribution in [0.2, 0.25) is 0 Å². The van der Waals surface area contributed by atoms with Gasteiger partial charge >= 0.3 is 0 Å². The minimum atomic E-state index is -0.394. The van der Waals surface area contributed by atoms with Crippen molar-refractivity contribution >= 4 is 23.4 Å². The number of carbonyl (C=O) groups excluding carboxylic acids is 1. The lowest BCUT2D eigenvalue weighted by molar-refractivity contribution is -0.112. The first-order valence-electron chi connectivity index (χ1n) is 10.1. The highest BCUT2D eigenvalue weighted by molar-refractivity contribution is 6.09. The fourth-order valence-electron chi connectivity index (χ4n) is 4.57. The van der Waals surface area contributed by atoms with Gasteiger partial charge in [-0.05, 0) is 81.5 Å². The van der Waals surface area contributed by atoms with Gasteiger partial charge in [0.2, 0.25) is 0 Å². The highest BCUT2D eigenvalue weighted by atomic mass is 16.1. The molecule has 1 atom stereocenters. The van der Waals surface area contributed by atoms with Crippen LogP contribution in [0.4, 0.5) is 11.4 Å². The van der Waals surface area contributed by atoms with E-state index in [2.05, 4.69) is 57.0 Å². The summed E-state index contributed by atoms with van der Waals surface area (Å²) in [5.41, 5.74) is 4.25. The summed E-state index contributed by atoms with van der Waals surface area (Å²) in [6.07, 6.45) is 2.73. The molecule has 4 nitrogen and oxygen atoms in total. The maximum Gasteiger partial charge on any atom is 0.266 e. The molecule has 0 saturated heterocycles. The smallest absolute Gasteiger partial charge is 0.266 e. The maximum absolute atomic E-state index is 12.5. The molecule has 4 heteroatoms. The summed E-state index contributed by atoms with van der Waals surface area (Å²) in [6.45, 7) is 11.3. The van der Waals surface area contributed by atoms with E-state index in [1.165, 1.54) is 11.3 Å². The SMILES string of the molecule is CC(C)N1c2ccc(/C=C(/C#N)C(=O)Nc3ccccc3)cc2[C@H](C)CC1(C)C. The number of para-hydroxylation sites is 1. The quantitative estimate of drug-likeness (QED) is 0.538. The molecular formula is C25H29N3O. The fourth-order valence-corrected chi connectivity index (χ4v) is 4.57. The molecule has 0 aliphatic carbocycles. The first kappa shape index (κ1) is 20.7. The van der Waals surface area contributed by atoms with E-state index in [9.17, 15) is 10.1 Å². The third-order valence-corrected chi connectivity index (χ3v) is 5.52. The molecule has 0 radical (unpaired) electrons. The van der Waals surface area contributed by atoms with Crippen molar-refractivity contribution in [1.82, 2.24) is 0 Å². The molecule has 0 unspecified atom stereocenters. The van der Waals surface area contributed by atoms with Crippen molar-refractivity contribution in [2.75, 3.05) is 10.2 Å². The Morgan fingerprint density at radius 2 is 1.93 bits per heavy atom. The van der Waals surface area contributed by atoms with Gasteiger partial charge in [0.25, 0.3) is 5.91 Å². The summed E-state index contributed by atoms with van der Waals surface area (Å²) < 4.78 is 0. The molecule has 0 bridgehead atoms. The Morgan fingerprint density at radius 3 is 2.55 bits per heavy atom. The van der Waals surface area contributed by atoms with Crippen LogP contribution in [0, 0.1) is 11.3 Å². The van der Waals surface area contributed by atoms with Crippen molar-refractivity contribution in [2.45, 2.75) is 58.5 Å². The number of nitrogens with zero attached hydrogens (tertiary/aromatic N) is 2. The summed E-state index contributed by atoms with van der Waals surface area (Å²) in [7, 11) is 0. The van der Waals surface area contributed by atoms with Crippen molar-refractivity contribution in [3.8, 4) is 6.07 Å². The monoisotopic (exact) mass is 387 g/mol. The van der Waals surface area contributed by atoms with E-state index in [0.29, 0.717) is 17.6 Å². The number of anilines is 2. The summed E-state index contributed by atoms with van der Waals surface area (Å²) in [5.74, 6) is 0.0152. The van der Waals surface area contributed by atoms with Gasteiger partial charge in [0.05, 0.1) is 0 Å². The Balaban J connectivity index is 1.93. The van der Waals surface area contributed by atoms with Gasteiger partial charge in [0.1, 0.15) is 11.6 Å². The molecule has 2 aromatic carbocycles. The van der Waals surface area contributed by atoms with E-state index in [0.717, 1.165) is 12.0 Å². The molecule has 1 N–H and O–H groups in total. The second kappa shape index (κ2) is 8.13. The van der Waals surface area contributed by atoms with Crippen LogP contribution < -0.4 is 10.2 Å². The fraction of sp³-hybridized carbons (Fsp3) is 0.360. The Hall–Kier alpha value is -3.06. The molecular weight excluding hydrogens is 358 g/mol. The van der Waals surface area contributed by atoms with Crippen LogP contribution in [-0.4, -0.2) is 17.5 Å². The van der Waals surface area contributed by atoms with E-state index in [4.69, 9.17) is 0 Å². The zero-order chi connectivity index (χ0) is 21.2. The molecule has 0 saturated carbocycles. The number of benzene rings is 2. The van der Waals surface area contributed by atoms with Crippen molar-refractivity contribution in [3.05, 3.63) is 65.2 Å². The van der Waals surface area contributed by atoms with Gasteiger partial charge in [-0.15, -0.1) is 0 Å². The first-order valence-corrected chi connectivity index (χ1v) is 10.1. The molecule has 29 heavy (non-hydrogen) atoms. The number of rotatable bonds is 4. The lowest BCUT2D eigenvalue weighted by Gasteiger charge is -2.50. The number of carbonyl (C=O) groups is 1. The molecule has 1 heterocycles. The highest BCUT2D eigenvalue weighted by Gasteiger charge is 2.37. The van der Waals surface area contributed by atoms with Crippen LogP contribution in [-0.2, 0) is 4.79 Å². The molecule has 0 spiro atoms. The number of nitrogens with one attached hydrogen (secondary N) is 1. The Bertz CT molecular complexity index is 967. The highest BCUT2D eigenvalue weighted by Crippen LogP contribution is 2.44. The molecule has 0 aromatic heterocycles. The van der Waals surface area contributed by atoms with Crippen LogP contribution >= 0.6 is 0 Å². The van der Waals surface area contributed by atoms with Gasteiger partial charge in [0, 0.05) is 23.0 Å². The predicted molar refractivity (Wildman–Crippen MR) is 120 cm³/mol. The second-order valence-electron chi connectivity index (χ2n) is 8.69. The van der Waals surface area contributed by atoms with E-state index < -0.39 is 5.91 Å². The van der Waals surface area contributed by atoms with E-state index >= 15 is 0 Å². The van der Waals surface area contributed by atoms with Crippen LogP contribution in [0.15, 0.2) is 54.1 Å². The lowest BCUT2D eigenvalue weighted by Crippen LogP contribution is -2.51. The largest absolute Gasteiger partial charge is 0.364 e. The van der Waals surface area contributed by atoms with Gasteiger partial charge in [0.15, 0.2) is 0 Å². The number of fused-ring (bicyclic) bond motifs is 1. The third-order valence-electron chi connectivity index (χ3n) is 5.52. The van der Waals surface area contributed by atoms with E-state index in [1.54, 1.807) is 18.2 Å². The zero-order valence-electron chi connectivity index (χ0n) is 17.9. The maximum atomic E-state index is 12.5. The minimum absolute atomic E-state index is 0.0886. The first-order chi connectivity index (χ1) is 13.7. The van der Waals surface area contributed by atoms with Crippen molar-refractivity contribution in [2.24, 2.45) is 0 Å². The van der Waals surface area contributed by atoms with Gasteiger partial charge in [-0.1, -0.05) is 31.2 Å². The molecule has 1 aliphatic heterocycles. The molecule has 2 aromatic rings. The zero-order valence-corrected chi connectivity index (χ0v) is 17.9. The van der Waals surface area contributed by atoms with Crippen molar-refractivity contribution in [3.63, 3.8) is 0 Å². The summed E-state index contributed by atoms with van der Waals surface area (Å²) in [4.78, 5) is 15.0. The molecule has 1 amide bonds. The average molecular weight is 388 g/mol. The van der Waals surface area contributed by atoms with E-state index in [1.807, 2.05) is 30.3 Å². The topological polar surface area (TPSA) is 56.1 Å². The summed E-state index contributed by atoms with van der Waals surface area (Å²) in [6, 6.07) is 17.9. The number of nitriles is 1. The van der Waals surface area contributed by atoms with Crippen LogP contribution in [0.5, 0.6) is 0 Å². The molecule has 3 rings (SSSR count). The van der Waals surface area contributed by atoms with Gasteiger partial charge in [-0.3, -0.25) is 4.79 Å². The Morgan fingerprint density at radius 1 is 1.24 bits per heavy atom. The average Bonchev–Trinajstić information content (AvgIpc) is 2.66.